The van der Waals surface area contributed by atoms with E-state index in [1.165, 1.54) is 11.3 Å². The van der Waals surface area contributed by atoms with Crippen LogP contribution in [0.2, 0.25) is 5.02 Å². The van der Waals surface area contributed by atoms with Gasteiger partial charge >= 0.3 is 5.97 Å². The molecular formula is C27H20BrClN2O3S. The van der Waals surface area contributed by atoms with Crippen molar-refractivity contribution in [2.24, 2.45) is 0 Å². The van der Waals surface area contributed by atoms with Crippen molar-refractivity contribution >= 4 is 55.9 Å². The number of hydrogen-bond acceptors (Lipinski definition) is 5. The zero-order valence-electron chi connectivity index (χ0n) is 18.7. The molecule has 0 saturated heterocycles. The van der Waals surface area contributed by atoms with Gasteiger partial charge < -0.3 is 4.74 Å². The number of carbonyl (C=O) groups excluding carboxylic acids is 2. The summed E-state index contributed by atoms with van der Waals surface area (Å²) in [5.41, 5.74) is 4.62. The van der Waals surface area contributed by atoms with Crippen LogP contribution in [0, 0.1) is 6.92 Å². The molecule has 0 saturated carbocycles. The fourth-order valence-corrected chi connectivity index (χ4v) is 5.48. The van der Waals surface area contributed by atoms with E-state index < -0.39 is 0 Å². The van der Waals surface area contributed by atoms with E-state index in [0.29, 0.717) is 34.1 Å². The molecule has 8 heteroatoms. The highest BCUT2D eigenvalue weighted by Gasteiger charge is 2.28. The van der Waals surface area contributed by atoms with Crippen LogP contribution in [-0.4, -0.2) is 16.9 Å². The van der Waals surface area contributed by atoms with Crippen molar-refractivity contribution in [1.82, 2.24) is 4.98 Å². The lowest BCUT2D eigenvalue weighted by atomic mass is 9.93. The summed E-state index contributed by atoms with van der Waals surface area (Å²) in [7, 11) is 0. The van der Waals surface area contributed by atoms with E-state index in [9.17, 15) is 9.59 Å². The lowest BCUT2D eigenvalue weighted by Gasteiger charge is -2.25. The molecule has 1 aliphatic heterocycles. The van der Waals surface area contributed by atoms with E-state index in [0.717, 1.165) is 31.7 Å². The molecule has 0 spiro atoms. The van der Waals surface area contributed by atoms with Gasteiger partial charge in [0.25, 0.3) is 5.91 Å². The van der Waals surface area contributed by atoms with Crippen LogP contribution >= 0.6 is 38.9 Å². The molecule has 1 unspecified atom stereocenters. The van der Waals surface area contributed by atoms with Crippen LogP contribution in [-0.2, 0) is 17.6 Å². The number of aryl methyl sites for hydroxylation is 1. The number of fused-ring (bicyclic) bond motifs is 1. The fourth-order valence-electron chi connectivity index (χ4n) is 4.04. The molecular weight excluding hydrogens is 548 g/mol. The highest BCUT2D eigenvalue weighted by atomic mass is 79.9. The minimum atomic E-state index is -0.375. The first-order valence-electron chi connectivity index (χ1n) is 11.0. The molecule has 1 N–H and O–H groups in total. The number of cyclic esters (lactones) is 1. The highest BCUT2D eigenvalue weighted by molar-refractivity contribution is 9.10. The molecule has 0 fully saturated rings. The van der Waals surface area contributed by atoms with Crippen molar-refractivity contribution < 1.29 is 14.3 Å². The zero-order chi connectivity index (χ0) is 24.5. The number of amides is 1. The number of carbonyl (C=O) groups is 2. The molecule has 35 heavy (non-hydrogen) atoms. The third-order valence-corrected chi connectivity index (χ3v) is 8.18. The molecule has 2 heterocycles. The summed E-state index contributed by atoms with van der Waals surface area (Å²) < 4.78 is 6.47. The number of benzene rings is 3. The Morgan fingerprint density at radius 1 is 1.17 bits per heavy atom. The Morgan fingerprint density at radius 3 is 2.74 bits per heavy atom. The molecule has 1 amide bonds. The Kier molecular flexibility index (Phi) is 6.73. The standard InChI is InChI=1S/C27H20BrClN2O3S/c1-15-24(12-16-7-10-21(28)22(29)11-16)35-27(30-15)31-25(32)18-8-9-20-19(13-18)14-23(34-26(20)33)17-5-3-2-4-6-17/h2-11,13,23H,12,14H2,1H3,(H,30,31,32). The Hall–Kier alpha value is -3.00. The maximum atomic E-state index is 13.0. The van der Waals surface area contributed by atoms with Gasteiger partial charge in [-0.2, -0.15) is 0 Å². The number of aromatic nitrogens is 1. The van der Waals surface area contributed by atoms with Crippen LogP contribution in [0.5, 0.6) is 0 Å². The van der Waals surface area contributed by atoms with E-state index in [1.54, 1.807) is 18.2 Å². The van der Waals surface area contributed by atoms with Crippen LogP contribution in [0.4, 0.5) is 5.13 Å². The molecule has 5 nitrogen and oxygen atoms in total. The van der Waals surface area contributed by atoms with E-state index in [-0.39, 0.29) is 18.0 Å². The van der Waals surface area contributed by atoms with E-state index in [1.807, 2.05) is 55.5 Å². The number of anilines is 1. The first-order chi connectivity index (χ1) is 16.9. The summed E-state index contributed by atoms with van der Waals surface area (Å²) in [5.74, 6) is -0.643. The van der Waals surface area contributed by atoms with Gasteiger partial charge in [0.2, 0.25) is 0 Å². The number of hydrogen-bond donors (Lipinski definition) is 1. The molecule has 1 aliphatic rings. The molecule has 0 radical (unpaired) electrons. The molecule has 0 aliphatic carbocycles. The van der Waals surface area contributed by atoms with Crippen LogP contribution in [0.1, 0.15) is 54.1 Å². The van der Waals surface area contributed by atoms with Crippen molar-refractivity contribution in [3.05, 3.63) is 115 Å². The number of ether oxygens (including phenoxy) is 1. The van der Waals surface area contributed by atoms with Crippen molar-refractivity contribution in [3.8, 4) is 0 Å². The van der Waals surface area contributed by atoms with Crippen molar-refractivity contribution in [2.75, 3.05) is 5.32 Å². The fraction of sp³-hybridized carbons (Fsp3) is 0.148. The molecule has 5 rings (SSSR count). The summed E-state index contributed by atoms with van der Waals surface area (Å²) in [4.78, 5) is 31.1. The van der Waals surface area contributed by atoms with Gasteiger partial charge in [0, 0.05) is 27.8 Å². The second-order valence-electron chi connectivity index (χ2n) is 8.29. The van der Waals surface area contributed by atoms with E-state index >= 15 is 0 Å². The second-order valence-corrected chi connectivity index (χ2v) is 10.6. The van der Waals surface area contributed by atoms with Gasteiger partial charge in [-0.3, -0.25) is 10.1 Å². The van der Waals surface area contributed by atoms with Crippen molar-refractivity contribution in [3.63, 3.8) is 0 Å². The number of nitrogens with one attached hydrogen (secondary N) is 1. The van der Waals surface area contributed by atoms with Gasteiger partial charge in [-0.05, 0) is 69.9 Å². The van der Waals surface area contributed by atoms with Gasteiger partial charge in [0.1, 0.15) is 6.10 Å². The quantitative estimate of drug-likeness (QED) is 0.260. The Bertz CT molecular complexity index is 1440. The molecule has 4 aromatic rings. The average molecular weight is 568 g/mol. The number of halogens is 2. The Morgan fingerprint density at radius 2 is 1.97 bits per heavy atom. The van der Waals surface area contributed by atoms with Crippen molar-refractivity contribution in [2.45, 2.75) is 25.9 Å². The topological polar surface area (TPSA) is 68.3 Å². The second kappa shape index (κ2) is 9.93. The minimum absolute atomic E-state index is 0.269. The SMILES string of the molecule is Cc1nc(NC(=O)c2ccc3c(c2)CC(c2ccccc2)OC3=O)sc1Cc1ccc(Br)c(Cl)c1. The van der Waals surface area contributed by atoms with Crippen LogP contribution in [0.25, 0.3) is 0 Å². The number of nitrogens with zero attached hydrogens (tertiary/aromatic N) is 1. The number of esters is 1. The summed E-state index contributed by atoms with van der Waals surface area (Å²) in [5, 5.41) is 4.09. The summed E-state index contributed by atoms with van der Waals surface area (Å²) >= 11 is 11.1. The average Bonchev–Trinajstić information content (AvgIpc) is 3.19. The van der Waals surface area contributed by atoms with E-state index in [2.05, 4.69) is 26.2 Å². The largest absolute Gasteiger partial charge is 0.454 e. The molecule has 1 aromatic heterocycles. The normalized spacial score (nSPS) is 14.8. The van der Waals surface area contributed by atoms with Crippen molar-refractivity contribution in [1.29, 1.82) is 0 Å². The Balaban J connectivity index is 1.32. The third-order valence-electron chi connectivity index (χ3n) is 5.88. The zero-order valence-corrected chi connectivity index (χ0v) is 21.8. The van der Waals surface area contributed by atoms with Crippen LogP contribution in [0.3, 0.4) is 0 Å². The third kappa shape index (κ3) is 5.17. The van der Waals surface area contributed by atoms with E-state index in [4.69, 9.17) is 16.3 Å². The van der Waals surface area contributed by atoms with Crippen LogP contribution < -0.4 is 5.32 Å². The lowest BCUT2D eigenvalue weighted by Crippen LogP contribution is -2.23. The van der Waals surface area contributed by atoms with Gasteiger partial charge in [-0.15, -0.1) is 11.3 Å². The monoisotopic (exact) mass is 566 g/mol. The van der Waals surface area contributed by atoms with Gasteiger partial charge in [-0.1, -0.05) is 48.0 Å². The van der Waals surface area contributed by atoms with Gasteiger partial charge in [-0.25, -0.2) is 9.78 Å². The maximum absolute atomic E-state index is 13.0. The highest BCUT2D eigenvalue weighted by Crippen LogP contribution is 2.32. The van der Waals surface area contributed by atoms with Gasteiger partial charge in [0.15, 0.2) is 5.13 Å². The number of thiazole rings is 1. The lowest BCUT2D eigenvalue weighted by molar-refractivity contribution is 0.0252. The summed E-state index contributed by atoms with van der Waals surface area (Å²) in [6.45, 7) is 1.93. The molecule has 3 aromatic carbocycles. The van der Waals surface area contributed by atoms with Crippen LogP contribution in [0.15, 0.2) is 71.2 Å². The Labute approximate surface area is 220 Å². The first-order valence-corrected chi connectivity index (χ1v) is 13.0. The smallest absolute Gasteiger partial charge is 0.339 e. The predicted molar refractivity (Wildman–Crippen MR) is 142 cm³/mol. The minimum Gasteiger partial charge on any atom is -0.454 e. The predicted octanol–water partition coefficient (Wildman–Crippen LogP) is 7.16. The van der Waals surface area contributed by atoms with Gasteiger partial charge in [0.05, 0.1) is 16.3 Å². The summed E-state index contributed by atoms with van der Waals surface area (Å²) in [6.07, 6.45) is 0.822. The first kappa shape index (κ1) is 23.7. The molecule has 176 valence electrons. The molecule has 1 atom stereocenters. The molecule has 0 bridgehead atoms. The number of rotatable bonds is 5. The maximum Gasteiger partial charge on any atom is 0.339 e. The summed E-state index contributed by atoms with van der Waals surface area (Å²) in [6, 6.07) is 20.5.